The van der Waals surface area contributed by atoms with Crippen LogP contribution in [0.15, 0.2) is 0 Å². The van der Waals surface area contributed by atoms with Gasteiger partial charge in [-0.15, -0.1) is 11.6 Å². The molecule has 2 unspecified atom stereocenters. The van der Waals surface area contributed by atoms with E-state index in [2.05, 4.69) is 6.92 Å². The van der Waals surface area contributed by atoms with Crippen molar-refractivity contribution in [2.75, 3.05) is 24.0 Å². The Hall–Kier alpha value is 0.600. The van der Waals surface area contributed by atoms with Crippen molar-refractivity contribution in [3.63, 3.8) is 0 Å². The van der Waals surface area contributed by atoms with Crippen molar-refractivity contribution in [1.82, 2.24) is 0 Å². The van der Waals surface area contributed by atoms with E-state index in [1.807, 2.05) is 11.8 Å². The van der Waals surface area contributed by atoms with Crippen LogP contribution in [0.25, 0.3) is 0 Å². The van der Waals surface area contributed by atoms with E-state index < -0.39 is 0 Å². The van der Waals surface area contributed by atoms with Crippen LogP contribution in [0.2, 0.25) is 0 Å². The number of thioether (sulfide) groups is 1. The average Bonchev–Trinajstić information content (AvgIpc) is 3.01. The van der Waals surface area contributed by atoms with E-state index in [0.29, 0.717) is 11.5 Å². The Kier molecular flexibility index (Phi) is 4.25. The van der Waals surface area contributed by atoms with Crippen LogP contribution in [-0.4, -0.2) is 30.1 Å². The Morgan fingerprint density at radius 1 is 1.47 bits per heavy atom. The molecule has 2 aliphatic rings. The van der Waals surface area contributed by atoms with Crippen LogP contribution < -0.4 is 0 Å². The molecule has 0 amide bonds. The molecule has 0 aromatic heterocycles. The second kappa shape index (κ2) is 5.29. The number of hydrogen-bond acceptors (Lipinski definition) is 2. The molecule has 88 valence electrons. The molecular formula is C12H21ClOS. The Morgan fingerprint density at radius 2 is 2.27 bits per heavy atom. The fourth-order valence-electron chi connectivity index (χ4n) is 2.64. The van der Waals surface area contributed by atoms with Gasteiger partial charge >= 0.3 is 0 Å². The zero-order chi connectivity index (χ0) is 10.7. The molecular weight excluding hydrogens is 228 g/mol. The normalized spacial score (nSPS) is 36.0. The van der Waals surface area contributed by atoms with Gasteiger partial charge in [-0.1, -0.05) is 6.92 Å². The van der Waals surface area contributed by atoms with Crippen molar-refractivity contribution in [3.8, 4) is 0 Å². The van der Waals surface area contributed by atoms with Gasteiger partial charge in [-0.25, -0.2) is 0 Å². The minimum atomic E-state index is 0.310. The van der Waals surface area contributed by atoms with E-state index >= 15 is 0 Å². The summed E-state index contributed by atoms with van der Waals surface area (Å²) in [6.07, 6.45) is 5.64. The first-order chi connectivity index (χ1) is 7.32. The molecule has 0 aromatic carbocycles. The van der Waals surface area contributed by atoms with Crippen molar-refractivity contribution in [1.29, 1.82) is 0 Å². The van der Waals surface area contributed by atoms with Crippen molar-refractivity contribution in [2.24, 2.45) is 11.3 Å². The predicted octanol–water partition coefficient (Wildman–Crippen LogP) is 3.55. The van der Waals surface area contributed by atoms with Gasteiger partial charge in [0.25, 0.3) is 0 Å². The summed E-state index contributed by atoms with van der Waals surface area (Å²) in [5.41, 5.74) is 0.310. The van der Waals surface area contributed by atoms with E-state index in [0.717, 1.165) is 18.4 Å². The monoisotopic (exact) mass is 248 g/mol. The number of hydrogen-bond donors (Lipinski definition) is 0. The fourth-order valence-corrected chi connectivity index (χ4v) is 3.90. The molecule has 2 fully saturated rings. The number of halogens is 1. The van der Waals surface area contributed by atoms with Gasteiger partial charge in [0, 0.05) is 17.9 Å². The van der Waals surface area contributed by atoms with Gasteiger partial charge in [0.05, 0.1) is 6.10 Å². The molecule has 2 rings (SSSR count). The van der Waals surface area contributed by atoms with Crippen LogP contribution in [0.3, 0.4) is 0 Å². The van der Waals surface area contributed by atoms with Gasteiger partial charge in [0.15, 0.2) is 0 Å². The fraction of sp³-hybridized carbons (Fsp3) is 1.00. The molecule has 1 aliphatic carbocycles. The SMILES string of the molecule is CCSCCC1(CCl)CCOC1C1CC1. The maximum Gasteiger partial charge on any atom is 0.0671 e. The Morgan fingerprint density at radius 3 is 2.87 bits per heavy atom. The average molecular weight is 249 g/mol. The summed E-state index contributed by atoms with van der Waals surface area (Å²) in [7, 11) is 0. The van der Waals surface area contributed by atoms with Gasteiger partial charge in [-0.05, 0) is 43.1 Å². The molecule has 1 saturated heterocycles. The third kappa shape index (κ3) is 2.65. The third-order valence-electron chi connectivity index (χ3n) is 3.77. The zero-order valence-corrected chi connectivity index (χ0v) is 11.1. The summed E-state index contributed by atoms with van der Waals surface area (Å²) in [6, 6.07) is 0. The lowest BCUT2D eigenvalue weighted by Crippen LogP contribution is -2.35. The van der Waals surface area contributed by atoms with Crippen LogP contribution in [0.1, 0.15) is 32.6 Å². The van der Waals surface area contributed by atoms with Crippen LogP contribution >= 0.6 is 23.4 Å². The first-order valence-corrected chi connectivity index (χ1v) is 7.76. The molecule has 0 aromatic rings. The summed E-state index contributed by atoms with van der Waals surface area (Å²) in [4.78, 5) is 0. The molecule has 0 N–H and O–H groups in total. The van der Waals surface area contributed by atoms with Crippen LogP contribution in [0.5, 0.6) is 0 Å². The topological polar surface area (TPSA) is 9.23 Å². The van der Waals surface area contributed by atoms with Gasteiger partial charge in [0.1, 0.15) is 0 Å². The molecule has 0 bridgehead atoms. The zero-order valence-electron chi connectivity index (χ0n) is 9.51. The Labute approximate surface area is 102 Å². The molecule has 15 heavy (non-hydrogen) atoms. The molecule has 0 spiro atoms. The highest BCUT2D eigenvalue weighted by Gasteiger charge is 2.49. The quantitative estimate of drug-likeness (QED) is 0.525. The van der Waals surface area contributed by atoms with E-state index in [1.54, 1.807) is 0 Å². The first kappa shape index (κ1) is 12.1. The molecule has 1 aliphatic heterocycles. The highest BCUT2D eigenvalue weighted by atomic mass is 35.5. The summed E-state index contributed by atoms with van der Waals surface area (Å²) in [5.74, 6) is 4.08. The van der Waals surface area contributed by atoms with Crippen molar-refractivity contribution < 1.29 is 4.74 Å². The summed E-state index contributed by atoms with van der Waals surface area (Å²) >= 11 is 8.25. The highest BCUT2D eigenvalue weighted by molar-refractivity contribution is 7.99. The van der Waals surface area contributed by atoms with E-state index in [-0.39, 0.29) is 0 Å². The second-order valence-electron chi connectivity index (χ2n) is 4.82. The lowest BCUT2D eigenvalue weighted by atomic mass is 9.78. The standard InChI is InChI=1S/C12H21ClOS/c1-2-15-8-6-12(9-13)5-7-14-11(12)10-3-4-10/h10-11H,2-9H2,1H3. The molecule has 3 heteroatoms. The number of alkyl halides is 1. The number of ether oxygens (including phenoxy) is 1. The maximum atomic E-state index is 6.22. The molecule has 1 nitrogen and oxygen atoms in total. The second-order valence-corrected chi connectivity index (χ2v) is 6.48. The number of rotatable bonds is 6. The van der Waals surface area contributed by atoms with E-state index in [9.17, 15) is 0 Å². The van der Waals surface area contributed by atoms with E-state index in [4.69, 9.17) is 16.3 Å². The van der Waals surface area contributed by atoms with Gasteiger partial charge in [-0.2, -0.15) is 11.8 Å². The van der Waals surface area contributed by atoms with Crippen LogP contribution in [0, 0.1) is 11.3 Å². The third-order valence-corrected chi connectivity index (χ3v) is 5.20. The first-order valence-electron chi connectivity index (χ1n) is 6.08. The molecule has 1 heterocycles. The van der Waals surface area contributed by atoms with Crippen molar-refractivity contribution in [2.45, 2.75) is 38.7 Å². The van der Waals surface area contributed by atoms with E-state index in [1.165, 1.54) is 37.2 Å². The van der Waals surface area contributed by atoms with Crippen molar-refractivity contribution in [3.05, 3.63) is 0 Å². The lowest BCUT2D eigenvalue weighted by molar-refractivity contribution is 0.0391. The van der Waals surface area contributed by atoms with Crippen LogP contribution in [0.4, 0.5) is 0 Å². The van der Waals surface area contributed by atoms with Gasteiger partial charge < -0.3 is 4.74 Å². The minimum absolute atomic E-state index is 0.310. The summed E-state index contributed by atoms with van der Waals surface area (Å²) in [6.45, 7) is 3.16. The molecule has 0 radical (unpaired) electrons. The lowest BCUT2D eigenvalue weighted by Gasteiger charge is -2.32. The Bertz CT molecular complexity index is 208. The molecule has 2 atom stereocenters. The van der Waals surface area contributed by atoms with Gasteiger partial charge in [-0.3, -0.25) is 0 Å². The largest absolute Gasteiger partial charge is 0.377 e. The van der Waals surface area contributed by atoms with Gasteiger partial charge in [0.2, 0.25) is 0 Å². The maximum absolute atomic E-state index is 6.22. The summed E-state index contributed by atoms with van der Waals surface area (Å²) in [5, 5.41) is 0. The Balaban J connectivity index is 1.92. The highest BCUT2D eigenvalue weighted by Crippen LogP contribution is 2.50. The minimum Gasteiger partial charge on any atom is -0.377 e. The smallest absolute Gasteiger partial charge is 0.0671 e. The van der Waals surface area contributed by atoms with Crippen LogP contribution in [-0.2, 0) is 4.74 Å². The molecule has 1 saturated carbocycles. The van der Waals surface area contributed by atoms with Crippen molar-refractivity contribution >= 4 is 23.4 Å². The summed E-state index contributed by atoms with van der Waals surface area (Å²) < 4.78 is 5.92. The predicted molar refractivity (Wildman–Crippen MR) is 67.9 cm³/mol.